The maximum absolute atomic E-state index is 3.51. The van der Waals surface area contributed by atoms with E-state index in [1.807, 2.05) is 0 Å². The Morgan fingerprint density at radius 2 is 1.53 bits per heavy atom. The molecule has 0 bridgehead atoms. The fourth-order valence-electron chi connectivity index (χ4n) is 2.61. The average molecular weight is 255 g/mol. The Bertz CT molecular complexity index is 142. The fraction of sp³-hybridized carbons (Fsp3) is 1.00. The van der Waals surface area contributed by atoms with Gasteiger partial charge in [-0.1, -0.05) is 12.8 Å². The second kappa shape index (κ2) is 8.63. The molecule has 2 saturated heterocycles. The Hall–Kier alpha value is 0.500. The molecule has 0 radical (unpaired) electrons. The first kappa shape index (κ1) is 15.5. The van der Waals surface area contributed by atoms with Crippen LogP contribution >= 0.6 is 24.8 Å². The monoisotopic (exact) mass is 254 g/mol. The third-order valence-electron chi connectivity index (χ3n) is 3.43. The second-order valence-corrected chi connectivity index (χ2v) is 4.45. The van der Waals surface area contributed by atoms with Crippen molar-refractivity contribution in [1.82, 2.24) is 10.2 Å². The SMILES string of the molecule is C1CCCN(C2CCCNC2)CC1.Cl.Cl. The molecule has 1 unspecified atom stereocenters. The summed E-state index contributed by atoms with van der Waals surface area (Å²) in [4.78, 5) is 2.72. The van der Waals surface area contributed by atoms with Gasteiger partial charge in [0.05, 0.1) is 0 Å². The number of rotatable bonds is 1. The summed E-state index contributed by atoms with van der Waals surface area (Å²) in [5, 5.41) is 3.51. The molecule has 2 fully saturated rings. The van der Waals surface area contributed by atoms with E-state index in [2.05, 4.69) is 10.2 Å². The van der Waals surface area contributed by atoms with Gasteiger partial charge in [0.1, 0.15) is 0 Å². The lowest BCUT2D eigenvalue weighted by molar-refractivity contribution is 0.172. The molecule has 1 atom stereocenters. The van der Waals surface area contributed by atoms with E-state index in [1.165, 1.54) is 64.7 Å². The Labute approximate surface area is 106 Å². The number of nitrogens with zero attached hydrogens (tertiary/aromatic N) is 1. The summed E-state index contributed by atoms with van der Waals surface area (Å²) in [7, 11) is 0. The van der Waals surface area contributed by atoms with E-state index in [0.717, 1.165) is 6.04 Å². The highest BCUT2D eigenvalue weighted by molar-refractivity contribution is 5.85. The summed E-state index contributed by atoms with van der Waals surface area (Å²) < 4.78 is 0. The molecule has 2 aliphatic rings. The molecule has 0 aromatic heterocycles. The Balaban J connectivity index is 0.000000980. The van der Waals surface area contributed by atoms with Crippen molar-refractivity contribution in [2.24, 2.45) is 0 Å². The smallest absolute Gasteiger partial charge is 0.0221 e. The summed E-state index contributed by atoms with van der Waals surface area (Å²) in [6.07, 6.45) is 8.56. The largest absolute Gasteiger partial charge is 0.315 e. The van der Waals surface area contributed by atoms with E-state index < -0.39 is 0 Å². The highest BCUT2D eigenvalue weighted by Gasteiger charge is 2.20. The van der Waals surface area contributed by atoms with Gasteiger partial charge in [-0.05, 0) is 45.3 Å². The maximum Gasteiger partial charge on any atom is 0.0221 e. The minimum absolute atomic E-state index is 0. The van der Waals surface area contributed by atoms with Gasteiger partial charge in [-0.3, -0.25) is 4.90 Å². The summed E-state index contributed by atoms with van der Waals surface area (Å²) in [6.45, 7) is 5.18. The van der Waals surface area contributed by atoms with Crippen LogP contribution in [0.1, 0.15) is 38.5 Å². The third-order valence-corrected chi connectivity index (χ3v) is 3.43. The van der Waals surface area contributed by atoms with Gasteiger partial charge in [-0.15, -0.1) is 24.8 Å². The molecule has 0 aromatic carbocycles. The molecular formula is C11H24Cl2N2. The number of halogens is 2. The van der Waals surface area contributed by atoms with Crippen LogP contribution in [0, 0.1) is 0 Å². The minimum atomic E-state index is 0. The van der Waals surface area contributed by atoms with Crippen LogP contribution in [0.25, 0.3) is 0 Å². The summed E-state index contributed by atoms with van der Waals surface area (Å²) in [5.74, 6) is 0. The minimum Gasteiger partial charge on any atom is -0.315 e. The molecular weight excluding hydrogens is 231 g/mol. The molecule has 0 aliphatic carbocycles. The third kappa shape index (κ3) is 4.90. The van der Waals surface area contributed by atoms with Crippen LogP contribution in [0.15, 0.2) is 0 Å². The topological polar surface area (TPSA) is 15.3 Å². The van der Waals surface area contributed by atoms with Crippen LogP contribution in [0.4, 0.5) is 0 Å². The van der Waals surface area contributed by atoms with Crippen molar-refractivity contribution < 1.29 is 0 Å². The first-order chi connectivity index (χ1) is 6.47. The zero-order valence-electron chi connectivity index (χ0n) is 9.41. The molecule has 0 amide bonds. The van der Waals surface area contributed by atoms with Crippen molar-refractivity contribution in [3.8, 4) is 0 Å². The number of nitrogens with one attached hydrogen (secondary N) is 1. The summed E-state index contributed by atoms with van der Waals surface area (Å²) >= 11 is 0. The van der Waals surface area contributed by atoms with Crippen LogP contribution in [-0.4, -0.2) is 37.1 Å². The molecule has 1 N–H and O–H groups in total. The Morgan fingerprint density at radius 1 is 0.867 bits per heavy atom. The maximum atomic E-state index is 3.51. The van der Waals surface area contributed by atoms with Crippen LogP contribution in [0.2, 0.25) is 0 Å². The van der Waals surface area contributed by atoms with E-state index in [1.54, 1.807) is 0 Å². The number of hydrogen-bond donors (Lipinski definition) is 1. The predicted molar refractivity (Wildman–Crippen MR) is 70.4 cm³/mol. The zero-order chi connectivity index (χ0) is 8.93. The van der Waals surface area contributed by atoms with Gasteiger partial charge in [0, 0.05) is 12.6 Å². The highest BCUT2D eigenvalue weighted by Crippen LogP contribution is 2.16. The van der Waals surface area contributed by atoms with Gasteiger partial charge in [-0.25, -0.2) is 0 Å². The molecule has 0 spiro atoms. The van der Waals surface area contributed by atoms with Gasteiger partial charge < -0.3 is 5.32 Å². The molecule has 4 heteroatoms. The quantitative estimate of drug-likeness (QED) is 0.774. The molecule has 2 rings (SSSR count). The molecule has 0 saturated carbocycles. The standard InChI is InChI=1S/C11H22N2.2ClH/c1-2-4-9-13(8-3-1)11-6-5-7-12-10-11;;/h11-12H,1-10H2;2*1H. The van der Waals surface area contributed by atoms with Crippen LogP contribution in [-0.2, 0) is 0 Å². The van der Waals surface area contributed by atoms with Crippen molar-refractivity contribution >= 4 is 24.8 Å². The van der Waals surface area contributed by atoms with Gasteiger partial charge in [-0.2, -0.15) is 0 Å². The van der Waals surface area contributed by atoms with Crippen molar-refractivity contribution in [3.05, 3.63) is 0 Å². The lowest BCUT2D eigenvalue weighted by Gasteiger charge is -2.33. The van der Waals surface area contributed by atoms with Gasteiger partial charge in [0.25, 0.3) is 0 Å². The van der Waals surface area contributed by atoms with Gasteiger partial charge in [0.15, 0.2) is 0 Å². The molecule has 2 heterocycles. The molecule has 0 aromatic rings. The fourth-order valence-corrected chi connectivity index (χ4v) is 2.61. The van der Waals surface area contributed by atoms with Crippen LogP contribution in [0.5, 0.6) is 0 Å². The Morgan fingerprint density at radius 3 is 2.07 bits per heavy atom. The van der Waals surface area contributed by atoms with E-state index in [4.69, 9.17) is 0 Å². The molecule has 92 valence electrons. The number of piperidine rings is 1. The number of hydrogen-bond acceptors (Lipinski definition) is 2. The lowest BCUT2D eigenvalue weighted by atomic mass is 10.1. The Kier molecular flexibility index (Phi) is 8.92. The van der Waals surface area contributed by atoms with E-state index in [0.29, 0.717) is 0 Å². The first-order valence-corrected chi connectivity index (χ1v) is 5.91. The van der Waals surface area contributed by atoms with Crippen LogP contribution in [0.3, 0.4) is 0 Å². The van der Waals surface area contributed by atoms with Crippen molar-refractivity contribution in [2.45, 2.75) is 44.6 Å². The van der Waals surface area contributed by atoms with E-state index >= 15 is 0 Å². The molecule has 2 nitrogen and oxygen atoms in total. The molecule has 15 heavy (non-hydrogen) atoms. The summed E-state index contributed by atoms with van der Waals surface area (Å²) in [5.41, 5.74) is 0. The summed E-state index contributed by atoms with van der Waals surface area (Å²) in [6, 6.07) is 0.854. The predicted octanol–water partition coefficient (Wildman–Crippen LogP) is 2.46. The van der Waals surface area contributed by atoms with Crippen molar-refractivity contribution in [2.75, 3.05) is 26.2 Å². The normalized spacial score (nSPS) is 28.4. The van der Waals surface area contributed by atoms with E-state index in [-0.39, 0.29) is 24.8 Å². The molecule has 2 aliphatic heterocycles. The van der Waals surface area contributed by atoms with Crippen LogP contribution < -0.4 is 5.32 Å². The van der Waals surface area contributed by atoms with Gasteiger partial charge in [0.2, 0.25) is 0 Å². The van der Waals surface area contributed by atoms with Gasteiger partial charge >= 0.3 is 0 Å². The lowest BCUT2D eigenvalue weighted by Crippen LogP contribution is -2.46. The first-order valence-electron chi connectivity index (χ1n) is 5.91. The zero-order valence-corrected chi connectivity index (χ0v) is 11.0. The van der Waals surface area contributed by atoms with Crippen molar-refractivity contribution in [3.63, 3.8) is 0 Å². The second-order valence-electron chi connectivity index (χ2n) is 4.45. The van der Waals surface area contributed by atoms with Crippen molar-refractivity contribution in [1.29, 1.82) is 0 Å². The highest BCUT2D eigenvalue weighted by atomic mass is 35.5. The van der Waals surface area contributed by atoms with E-state index in [9.17, 15) is 0 Å². The number of likely N-dealkylation sites (tertiary alicyclic amines) is 1. The average Bonchev–Trinajstić information content (AvgIpc) is 2.47.